The van der Waals surface area contributed by atoms with Gasteiger partial charge in [-0.3, -0.25) is 0 Å². The third-order valence-electron chi connectivity index (χ3n) is 2.30. The van der Waals surface area contributed by atoms with Crippen LogP contribution in [0.3, 0.4) is 0 Å². The maximum Gasteiger partial charge on any atom is 0.341 e. The number of ether oxygens (including phenoxy) is 1. The second-order valence-corrected chi connectivity index (χ2v) is 4.90. The van der Waals surface area contributed by atoms with Gasteiger partial charge in [0.05, 0.1) is 5.69 Å². The molecule has 0 saturated carbocycles. The number of nitrogen functional groups attached to an aromatic ring is 1. The number of nitrogens with two attached hydrogens (primary N) is 1. The van der Waals surface area contributed by atoms with Crippen LogP contribution in [0.15, 0.2) is 24.3 Å². The van der Waals surface area contributed by atoms with Crippen LogP contribution in [0.1, 0.15) is 4.88 Å². The summed E-state index contributed by atoms with van der Waals surface area (Å²) in [5, 5.41) is 9.03. The minimum absolute atomic E-state index is 0.345. The summed E-state index contributed by atoms with van der Waals surface area (Å²) in [4.78, 5) is 15.7. The highest BCUT2D eigenvalue weighted by Crippen LogP contribution is 2.29. The van der Waals surface area contributed by atoms with Crippen LogP contribution in [0.4, 0.5) is 5.13 Å². The lowest BCUT2D eigenvalue weighted by Gasteiger charge is -2.04. The summed E-state index contributed by atoms with van der Waals surface area (Å²) in [6.07, 6.45) is 0. The van der Waals surface area contributed by atoms with E-state index >= 15 is 0 Å². The Hall–Kier alpha value is -2.08. The smallest absolute Gasteiger partial charge is 0.341 e. The molecular weight excluding hydrogens is 252 g/mol. The van der Waals surface area contributed by atoms with Crippen LogP contribution < -0.4 is 10.5 Å². The van der Waals surface area contributed by atoms with Gasteiger partial charge in [-0.2, -0.15) is 0 Å². The second kappa shape index (κ2) is 5.05. The third kappa shape index (κ3) is 2.78. The van der Waals surface area contributed by atoms with Gasteiger partial charge in [0.2, 0.25) is 0 Å². The second-order valence-electron chi connectivity index (χ2n) is 3.66. The van der Waals surface area contributed by atoms with Crippen molar-refractivity contribution in [3.05, 3.63) is 29.1 Å². The largest absolute Gasteiger partial charge is 0.482 e. The van der Waals surface area contributed by atoms with E-state index in [9.17, 15) is 4.79 Å². The summed E-state index contributed by atoms with van der Waals surface area (Å²) in [7, 11) is 0. The summed E-state index contributed by atoms with van der Waals surface area (Å²) in [6.45, 7) is 1.61. The quantitative estimate of drug-likeness (QED) is 0.883. The lowest BCUT2D eigenvalue weighted by molar-refractivity contribution is -0.139. The van der Waals surface area contributed by atoms with Crippen LogP contribution in [0.25, 0.3) is 11.3 Å². The van der Waals surface area contributed by atoms with Gasteiger partial charge < -0.3 is 15.6 Å². The molecule has 5 nitrogen and oxygen atoms in total. The van der Waals surface area contributed by atoms with Crippen molar-refractivity contribution in [2.75, 3.05) is 12.3 Å². The number of hydrogen-bond acceptors (Lipinski definition) is 5. The molecule has 0 saturated heterocycles. The minimum atomic E-state index is -0.998. The lowest BCUT2D eigenvalue weighted by atomic mass is 10.1. The van der Waals surface area contributed by atoms with E-state index in [1.54, 1.807) is 12.1 Å². The Morgan fingerprint density at radius 1 is 1.44 bits per heavy atom. The standard InChI is InChI=1S/C12H12N2O3S/c1-7-11(14-12(13)18-7)8-2-4-9(5-3-8)17-6-10(15)16/h2-5H,6H2,1H3,(H2,13,14)(H,15,16). The van der Waals surface area contributed by atoms with Crippen molar-refractivity contribution < 1.29 is 14.6 Å². The zero-order valence-electron chi connectivity index (χ0n) is 9.71. The molecule has 0 unspecified atom stereocenters. The number of carbonyl (C=O) groups is 1. The van der Waals surface area contributed by atoms with Crippen molar-refractivity contribution in [1.29, 1.82) is 0 Å². The zero-order chi connectivity index (χ0) is 13.1. The van der Waals surface area contributed by atoms with Crippen LogP contribution in [0.2, 0.25) is 0 Å². The number of thiazole rings is 1. The fourth-order valence-electron chi connectivity index (χ4n) is 1.54. The first-order valence-electron chi connectivity index (χ1n) is 5.24. The molecular formula is C12H12N2O3S. The molecule has 0 aliphatic carbocycles. The van der Waals surface area contributed by atoms with Crippen LogP contribution in [0, 0.1) is 6.92 Å². The Kier molecular flexibility index (Phi) is 3.47. The number of aryl methyl sites for hydroxylation is 1. The molecule has 0 spiro atoms. The molecule has 0 amide bonds. The summed E-state index contributed by atoms with van der Waals surface area (Å²) in [5.41, 5.74) is 7.43. The van der Waals surface area contributed by atoms with Gasteiger partial charge in [0.25, 0.3) is 0 Å². The Balaban J connectivity index is 2.17. The fourth-order valence-corrected chi connectivity index (χ4v) is 2.25. The Morgan fingerprint density at radius 2 is 2.11 bits per heavy atom. The van der Waals surface area contributed by atoms with Gasteiger partial charge in [-0.15, -0.1) is 11.3 Å². The van der Waals surface area contributed by atoms with Crippen LogP contribution in [0.5, 0.6) is 5.75 Å². The molecule has 3 N–H and O–H groups in total. The maximum atomic E-state index is 10.4. The molecule has 0 bridgehead atoms. The van der Waals surface area contributed by atoms with Gasteiger partial charge in [0.15, 0.2) is 11.7 Å². The fraction of sp³-hybridized carbons (Fsp3) is 0.167. The SMILES string of the molecule is Cc1sc(N)nc1-c1ccc(OCC(=O)O)cc1. The van der Waals surface area contributed by atoms with Crippen LogP contribution >= 0.6 is 11.3 Å². The van der Waals surface area contributed by atoms with Gasteiger partial charge in [-0.25, -0.2) is 9.78 Å². The monoisotopic (exact) mass is 264 g/mol. The minimum Gasteiger partial charge on any atom is -0.482 e. The highest BCUT2D eigenvalue weighted by molar-refractivity contribution is 7.15. The van der Waals surface area contributed by atoms with Crippen molar-refractivity contribution in [3.8, 4) is 17.0 Å². The number of nitrogens with zero attached hydrogens (tertiary/aromatic N) is 1. The molecule has 0 fully saturated rings. The van der Waals surface area contributed by atoms with Crippen molar-refractivity contribution >= 4 is 22.4 Å². The highest BCUT2D eigenvalue weighted by Gasteiger charge is 2.08. The number of rotatable bonds is 4. The molecule has 2 rings (SSSR count). The highest BCUT2D eigenvalue weighted by atomic mass is 32.1. The molecule has 2 aromatic rings. The Morgan fingerprint density at radius 3 is 2.61 bits per heavy atom. The number of carboxylic acids is 1. The molecule has 0 radical (unpaired) electrons. The Labute approximate surface area is 108 Å². The summed E-state index contributed by atoms with van der Waals surface area (Å²) in [6, 6.07) is 7.10. The topological polar surface area (TPSA) is 85.4 Å². The van der Waals surface area contributed by atoms with E-state index in [2.05, 4.69) is 4.98 Å². The number of anilines is 1. The molecule has 6 heteroatoms. The predicted molar refractivity (Wildman–Crippen MR) is 69.8 cm³/mol. The normalized spacial score (nSPS) is 10.3. The number of hydrogen-bond donors (Lipinski definition) is 2. The van der Waals surface area contributed by atoms with Crippen LogP contribution in [-0.2, 0) is 4.79 Å². The zero-order valence-corrected chi connectivity index (χ0v) is 10.5. The molecule has 0 aliphatic rings. The number of carboxylic acid groups (broad SMARTS) is 1. The summed E-state index contributed by atoms with van der Waals surface area (Å²) in [5.74, 6) is -0.482. The van der Waals surface area contributed by atoms with Gasteiger partial charge in [0.1, 0.15) is 5.75 Å². The van der Waals surface area contributed by atoms with E-state index in [-0.39, 0.29) is 6.61 Å². The number of aliphatic carboxylic acids is 1. The third-order valence-corrected chi connectivity index (χ3v) is 3.10. The van der Waals surface area contributed by atoms with E-state index in [0.29, 0.717) is 10.9 Å². The maximum absolute atomic E-state index is 10.4. The molecule has 1 aromatic carbocycles. The number of benzene rings is 1. The lowest BCUT2D eigenvalue weighted by Crippen LogP contribution is -2.09. The molecule has 0 atom stereocenters. The summed E-state index contributed by atoms with van der Waals surface area (Å²) >= 11 is 1.44. The predicted octanol–water partition coefficient (Wildman–Crippen LogP) is 2.16. The number of aromatic nitrogens is 1. The van der Waals surface area contributed by atoms with E-state index < -0.39 is 5.97 Å². The Bertz CT molecular complexity index is 563. The van der Waals surface area contributed by atoms with Crippen LogP contribution in [-0.4, -0.2) is 22.7 Å². The van der Waals surface area contributed by atoms with E-state index in [4.69, 9.17) is 15.6 Å². The molecule has 0 aliphatic heterocycles. The first-order chi connectivity index (χ1) is 8.56. The van der Waals surface area contributed by atoms with Gasteiger partial charge in [-0.1, -0.05) is 0 Å². The van der Waals surface area contributed by atoms with Crippen molar-refractivity contribution in [2.24, 2.45) is 0 Å². The summed E-state index contributed by atoms with van der Waals surface area (Å²) < 4.78 is 5.05. The molecule has 1 heterocycles. The van der Waals surface area contributed by atoms with Gasteiger partial charge >= 0.3 is 5.97 Å². The molecule has 1 aromatic heterocycles. The molecule has 94 valence electrons. The van der Waals surface area contributed by atoms with E-state index in [1.807, 2.05) is 19.1 Å². The first-order valence-corrected chi connectivity index (χ1v) is 6.06. The van der Waals surface area contributed by atoms with Crippen molar-refractivity contribution in [3.63, 3.8) is 0 Å². The van der Waals surface area contributed by atoms with E-state index in [0.717, 1.165) is 16.1 Å². The average Bonchev–Trinajstić information content (AvgIpc) is 2.66. The van der Waals surface area contributed by atoms with Gasteiger partial charge in [0, 0.05) is 10.4 Å². The van der Waals surface area contributed by atoms with Crippen molar-refractivity contribution in [2.45, 2.75) is 6.92 Å². The molecule has 18 heavy (non-hydrogen) atoms. The van der Waals surface area contributed by atoms with Gasteiger partial charge in [-0.05, 0) is 31.2 Å². The van der Waals surface area contributed by atoms with E-state index in [1.165, 1.54) is 11.3 Å². The average molecular weight is 264 g/mol. The van der Waals surface area contributed by atoms with Crippen molar-refractivity contribution in [1.82, 2.24) is 4.98 Å². The first kappa shape index (κ1) is 12.4.